The van der Waals surface area contributed by atoms with Crippen LogP contribution in [0.2, 0.25) is 0 Å². The minimum atomic E-state index is -3.89. The number of sulfonamides is 1. The molecule has 0 fully saturated rings. The van der Waals surface area contributed by atoms with Gasteiger partial charge >= 0.3 is 0 Å². The average Bonchev–Trinajstić information content (AvgIpc) is 2.59. The summed E-state index contributed by atoms with van der Waals surface area (Å²) in [6.45, 7) is 4.99. The third-order valence-corrected chi connectivity index (χ3v) is 5.10. The van der Waals surface area contributed by atoms with Crippen molar-refractivity contribution in [1.29, 1.82) is 0 Å². The summed E-state index contributed by atoms with van der Waals surface area (Å²) in [5.74, 6) is 0.255. The van der Waals surface area contributed by atoms with Gasteiger partial charge in [0.1, 0.15) is 19.3 Å². The normalized spacial score (nSPS) is 15.0. The van der Waals surface area contributed by atoms with Gasteiger partial charge in [-0.1, -0.05) is 13.8 Å². The van der Waals surface area contributed by atoms with Gasteiger partial charge < -0.3 is 19.5 Å². The minimum Gasteiger partial charge on any atom is -0.486 e. The number of nitrogens with one attached hydrogen (secondary N) is 2. The van der Waals surface area contributed by atoms with E-state index in [9.17, 15) is 13.2 Å². The number of amides is 1. The van der Waals surface area contributed by atoms with Crippen LogP contribution < -0.4 is 19.5 Å². The monoisotopic (exact) mass is 372 g/mol. The fourth-order valence-corrected chi connectivity index (χ4v) is 3.66. The fraction of sp³-hybridized carbons (Fsp3) is 0.562. The van der Waals surface area contributed by atoms with Crippen molar-refractivity contribution < 1.29 is 27.4 Å². The van der Waals surface area contributed by atoms with E-state index in [0.717, 1.165) is 0 Å². The summed E-state index contributed by atoms with van der Waals surface area (Å²) in [7, 11) is -2.37. The van der Waals surface area contributed by atoms with Gasteiger partial charge in [0.2, 0.25) is 15.9 Å². The summed E-state index contributed by atoms with van der Waals surface area (Å²) < 4.78 is 43.5. The Hall–Kier alpha value is -1.84. The van der Waals surface area contributed by atoms with Crippen LogP contribution in [0.3, 0.4) is 0 Å². The lowest BCUT2D eigenvalue weighted by Gasteiger charge is -2.22. The van der Waals surface area contributed by atoms with Crippen LogP contribution in [0.15, 0.2) is 23.1 Å². The molecule has 2 rings (SSSR count). The molecule has 0 spiro atoms. The van der Waals surface area contributed by atoms with Crippen molar-refractivity contribution in [1.82, 2.24) is 10.0 Å². The van der Waals surface area contributed by atoms with Gasteiger partial charge in [-0.05, 0) is 18.1 Å². The van der Waals surface area contributed by atoms with Gasteiger partial charge in [0.15, 0.2) is 11.5 Å². The SMILES string of the molecule is COCCNC(=O)C(NS(=O)(=O)c1ccc2c(c1)OCCO2)C(C)C. The second kappa shape index (κ2) is 8.50. The van der Waals surface area contributed by atoms with Gasteiger partial charge in [-0.3, -0.25) is 4.79 Å². The zero-order valence-corrected chi connectivity index (χ0v) is 15.4. The standard InChI is InChI=1S/C16H24N2O6S/c1-11(2)15(16(19)17-6-7-22-3)18-25(20,21)12-4-5-13-14(10-12)24-9-8-23-13/h4-5,10-11,15,18H,6-9H2,1-3H3,(H,17,19). The highest BCUT2D eigenvalue weighted by Gasteiger charge is 2.29. The molecule has 1 heterocycles. The quantitative estimate of drug-likeness (QED) is 0.645. The van der Waals surface area contributed by atoms with E-state index in [0.29, 0.717) is 37.9 Å². The van der Waals surface area contributed by atoms with E-state index in [1.165, 1.54) is 19.2 Å². The fourth-order valence-electron chi connectivity index (χ4n) is 2.30. The maximum absolute atomic E-state index is 12.7. The number of benzene rings is 1. The van der Waals surface area contributed by atoms with Crippen molar-refractivity contribution in [2.24, 2.45) is 5.92 Å². The largest absolute Gasteiger partial charge is 0.486 e. The minimum absolute atomic E-state index is 0.0205. The lowest BCUT2D eigenvalue weighted by Crippen LogP contribution is -2.50. The summed E-state index contributed by atoms with van der Waals surface area (Å²) in [4.78, 5) is 12.3. The predicted molar refractivity (Wildman–Crippen MR) is 91.3 cm³/mol. The van der Waals surface area contributed by atoms with E-state index in [1.807, 2.05) is 0 Å². The second-order valence-electron chi connectivity index (χ2n) is 5.93. The second-order valence-corrected chi connectivity index (χ2v) is 7.65. The molecular formula is C16H24N2O6S. The number of hydrogen-bond donors (Lipinski definition) is 2. The van der Waals surface area contributed by atoms with Gasteiger partial charge in [-0.2, -0.15) is 4.72 Å². The lowest BCUT2D eigenvalue weighted by molar-refractivity contribution is -0.123. The molecule has 9 heteroatoms. The smallest absolute Gasteiger partial charge is 0.241 e. The molecule has 1 aliphatic rings. The van der Waals surface area contributed by atoms with Gasteiger partial charge in [0.25, 0.3) is 0 Å². The van der Waals surface area contributed by atoms with Crippen LogP contribution in [0, 0.1) is 5.92 Å². The Labute approximate surface area is 147 Å². The molecule has 0 radical (unpaired) electrons. The molecular weight excluding hydrogens is 348 g/mol. The van der Waals surface area contributed by atoms with E-state index in [-0.39, 0.29) is 10.8 Å². The van der Waals surface area contributed by atoms with Crippen LogP contribution in [0.25, 0.3) is 0 Å². The number of carbonyl (C=O) groups excluding carboxylic acids is 1. The Bertz CT molecular complexity index is 705. The molecule has 1 aromatic carbocycles. The first-order chi connectivity index (χ1) is 11.8. The molecule has 0 aromatic heterocycles. The van der Waals surface area contributed by atoms with Crippen LogP contribution in [-0.4, -0.2) is 53.8 Å². The number of ether oxygens (including phenoxy) is 3. The van der Waals surface area contributed by atoms with Crippen molar-refractivity contribution in [2.45, 2.75) is 24.8 Å². The molecule has 1 atom stereocenters. The highest BCUT2D eigenvalue weighted by Crippen LogP contribution is 2.32. The Morgan fingerprint density at radius 2 is 1.92 bits per heavy atom. The Balaban J connectivity index is 2.15. The number of hydrogen-bond acceptors (Lipinski definition) is 6. The van der Waals surface area contributed by atoms with Crippen molar-refractivity contribution >= 4 is 15.9 Å². The van der Waals surface area contributed by atoms with Crippen LogP contribution >= 0.6 is 0 Å². The molecule has 0 saturated carbocycles. The maximum atomic E-state index is 12.7. The number of fused-ring (bicyclic) bond motifs is 1. The molecule has 1 aromatic rings. The number of carbonyl (C=O) groups is 1. The zero-order valence-electron chi connectivity index (χ0n) is 14.6. The van der Waals surface area contributed by atoms with Crippen LogP contribution in [0.1, 0.15) is 13.8 Å². The first-order valence-electron chi connectivity index (χ1n) is 8.04. The topological polar surface area (TPSA) is 103 Å². The Kier molecular flexibility index (Phi) is 6.63. The Morgan fingerprint density at radius 1 is 1.24 bits per heavy atom. The number of rotatable bonds is 8. The molecule has 1 unspecified atom stereocenters. The first-order valence-corrected chi connectivity index (χ1v) is 9.52. The van der Waals surface area contributed by atoms with E-state index < -0.39 is 22.0 Å². The van der Waals surface area contributed by atoms with E-state index >= 15 is 0 Å². The molecule has 25 heavy (non-hydrogen) atoms. The van der Waals surface area contributed by atoms with Crippen LogP contribution in [0.4, 0.5) is 0 Å². The summed E-state index contributed by atoms with van der Waals surface area (Å²) in [6.07, 6.45) is 0. The maximum Gasteiger partial charge on any atom is 0.241 e. The van der Waals surface area contributed by atoms with Crippen molar-refractivity contribution in [3.8, 4) is 11.5 Å². The summed E-state index contributed by atoms with van der Waals surface area (Å²) in [5.41, 5.74) is 0. The van der Waals surface area contributed by atoms with Crippen LogP contribution in [-0.2, 0) is 19.6 Å². The van der Waals surface area contributed by atoms with Gasteiger partial charge in [-0.25, -0.2) is 8.42 Å². The molecule has 0 aliphatic carbocycles. The molecule has 2 N–H and O–H groups in total. The molecule has 0 saturated heterocycles. The summed E-state index contributed by atoms with van der Waals surface area (Å²) >= 11 is 0. The van der Waals surface area contributed by atoms with E-state index in [1.54, 1.807) is 19.9 Å². The highest BCUT2D eigenvalue weighted by molar-refractivity contribution is 7.89. The van der Waals surface area contributed by atoms with Gasteiger partial charge in [0.05, 0.1) is 11.5 Å². The summed E-state index contributed by atoms with van der Waals surface area (Å²) in [6, 6.07) is 3.48. The zero-order chi connectivity index (χ0) is 18.4. The average molecular weight is 372 g/mol. The Morgan fingerprint density at radius 3 is 2.56 bits per heavy atom. The molecule has 1 amide bonds. The third kappa shape index (κ3) is 5.07. The first kappa shape index (κ1) is 19.5. The lowest BCUT2D eigenvalue weighted by atomic mass is 10.1. The third-order valence-electron chi connectivity index (χ3n) is 3.66. The van der Waals surface area contributed by atoms with Gasteiger partial charge in [0, 0.05) is 19.7 Å². The van der Waals surface area contributed by atoms with Crippen molar-refractivity contribution in [3.05, 3.63) is 18.2 Å². The number of methoxy groups -OCH3 is 1. The van der Waals surface area contributed by atoms with Crippen molar-refractivity contribution in [3.63, 3.8) is 0 Å². The van der Waals surface area contributed by atoms with E-state index in [4.69, 9.17) is 14.2 Å². The summed E-state index contributed by atoms with van der Waals surface area (Å²) in [5, 5.41) is 2.65. The van der Waals surface area contributed by atoms with Crippen LogP contribution in [0.5, 0.6) is 11.5 Å². The highest BCUT2D eigenvalue weighted by atomic mass is 32.2. The van der Waals surface area contributed by atoms with Gasteiger partial charge in [-0.15, -0.1) is 0 Å². The predicted octanol–water partition coefficient (Wildman–Crippen LogP) is 0.523. The molecule has 1 aliphatic heterocycles. The molecule has 8 nitrogen and oxygen atoms in total. The molecule has 140 valence electrons. The van der Waals surface area contributed by atoms with E-state index in [2.05, 4.69) is 10.0 Å². The van der Waals surface area contributed by atoms with Crippen molar-refractivity contribution in [2.75, 3.05) is 33.5 Å². The molecule has 0 bridgehead atoms.